The molecule has 0 aromatic heterocycles. The van der Waals surface area contributed by atoms with Gasteiger partial charge in [-0.1, -0.05) is 0 Å². The molecule has 0 aliphatic heterocycles. The van der Waals surface area contributed by atoms with Crippen LogP contribution in [0.2, 0.25) is 0 Å². The van der Waals surface area contributed by atoms with E-state index in [0.29, 0.717) is 0 Å². The van der Waals surface area contributed by atoms with Gasteiger partial charge in [0.25, 0.3) is 0 Å². The van der Waals surface area contributed by atoms with E-state index in [4.69, 9.17) is 9.84 Å². The Labute approximate surface area is 87.7 Å². The van der Waals surface area contributed by atoms with Crippen LogP contribution >= 0.6 is 22.6 Å². The molecule has 0 amide bonds. The van der Waals surface area contributed by atoms with Gasteiger partial charge in [-0.25, -0.2) is 0 Å². The maximum atomic E-state index is 13.0. The van der Waals surface area contributed by atoms with Crippen molar-refractivity contribution in [3.8, 4) is 11.5 Å². The number of benzene rings is 1. The Kier molecular flexibility index (Phi) is 3.29. The lowest BCUT2D eigenvalue weighted by Gasteiger charge is -2.07. The van der Waals surface area contributed by atoms with E-state index >= 15 is 0 Å². The average Bonchev–Trinajstić information content (AvgIpc) is 2.11. The summed E-state index contributed by atoms with van der Waals surface area (Å²) in [5, 5.41) is 9.00. The van der Waals surface area contributed by atoms with Crippen LogP contribution in [-0.4, -0.2) is 11.7 Å². The van der Waals surface area contributed by atoms with Crippen molar-refractivity contribution < 1.29 is 18.6 Å². The summed E-state index contributed by atoms with van der Waals surface area (Å²) in [5.74, 6) is -3.28. The van der Waals surface area contributed by atoms with E-state index in [2.05, 4.69) is 0 Å². The van der Waals surface area contributed by atoms with Crippen LogP contribution in [0.1, 0.15) is 6.92 Å². The molecule has 0 unspecified atom stereocenters. The van der Waals surface area contributed by atoms with Gasteiger partial charge in [-0.2, -0.15) is 8.78 Å². The summed E-state index contributed by atoms with van der Waals surface area (Å²) < 4.78 is 30.9. The minimum Gasteiger partial charge on any atom is -0.504 e. The molecule has 0 spiro atoms. The summed E-state index contributed by atoms with van der Waals surface area (Å²) in [6, 6.07) is 1.25. The summed E-state index contributed by atoms with van der Waals surface area (Å²) in [5.41, 5.74) is 0. The number of halogens is 3. The minimum atomic E-state index is -1.27. The number of hydrogen-bond donors (Lipinski definition) is 1. The number of rotatable bonds is 2. The zero-order valence-corrected chi connectivity index (χ0v) is 8.93. The Morgan fingerprint density at radius 3 is 2.62 bits per heavy atom. The summed E-state index contributed by atoms with van der Waals surface area (Å²) in [4.78, 5) is 0. The lowest BCUT2D eigenvalue weighted by atomic mass is 10.3. The van der Waals surface area contributed by atoms with Crippen molar-refractivity contribution in [2.45, 2.75) is 6.92 Å². The molecule has 0 heterocycles. The summed E-state index contributed by atoms with van der Waals surface area (Å²) in [6.07, 6.45) is 0. The Balaban J connectivity index is 3.24. The molecule has 5 heteroatoms. The predicted molar refractivity (Wildman–Crippen MR) is 51.9 cm³/mol. The summed E-state index contributed by atoms with van der Waals surface area (Å²) >= 11 is 1.70. The molecular formula is C8H7F2IO2. The van der Waals surface area contributed by atoms with Gasteiger partial charge in [-0.15, -0.1) is 0 Å². The van der Waals surface area contributed by atoms with Crippen molar-refractivity contribution in [1.29, 1.82) is 0 Å². The molecule has 0 bridgehead atoms. The van der Waals surface area contributed by atoms with Crippen molar-refractivity contribution in [3.05, 3.63) is 21.3 Å². The molecule has 1 aromatic rings. The Morgan fingerprint density at radius 2 is 2.08 bits per heavy atom. The van der Waals surface area contributed by atoms with Crippen LogP contribution in [0.25, 0.3) is 0 Å². The van der Waals surface area contributed by atoms with Gasteiger partial charge in [-0.3, -0.25) is 0 Å². The number of phenolic OH excluding ortho intramolecular Hbond substituents is 1. The molecule has 2 nitrogen and oxygen atoms in total. The summed E-state index contributed by atoms with van der Waals surface area (Å²) in [6.45, 7) is 1.91. The maximum absolute atomic E-state index is 13.0. The monoisotopic (exact) mass is 300 g/mol. The standard InChI is InChI=1S/C8H7F2IO2/c1-2-13-5-3-4(11)8(12)7(10)6(5)9/h3,12H,2H2,1H3. The molecule has 0 radical (unpaired) electrons. The van der Waals surface area contributed by atoms with Gasteiger partial charge in [-0.05, 0) is 29.5 Å². The molecule has 0 aliphatic rings. The molecule has 1 aromatic carbocycles. The number of ether oxygens (including phenoxy) is 1. The van der Waals surface area contributed by atoms with Crippen molar-refractivity contribution in [1.82, 2.24) is 0 Å². The van der Waals surface area contributed by atoms with Crippen LogP contribution < -0.4 is 4.74 Å². The first kappa shape index (κ1) is 10.5. The molecular weight excluding hydrogens is 293 g/mol. The van der Waals surface area contributed by atoms with Gasteiger partial charge < -0.3 is 9.84 Å². The average molecular weight is 300 g/mol. The van der Waals surface area contributed by atoms with Gasteiger partial charge in [0.1, 0.15) is 0 Å². The van der Waals surface area contributed by atoms with Crippen LogP contribution in [0.15, 0.2) is 6.07 Å². The fraction of sp³-hybridized carbons (Fsp3) is 0.250. The lowest BCUT2D eigenvalue weighted by Crippen LogP contribution is -1.98. The topological polar surface area (TPSA) is 29.5 Å². The Bertz CT molecular complexity index is 328. The second-order valence-corrected chi connectivity index (χ2v) is 3.43. The van der Waals surface area contributed by atoms with Crippen LogP contribution in [0.3, 0.4) is 0 Å². The zero-order chi connectivity index (χ0) is 10.0. The van der Waals surface area contributed by atoms with Gasteiger partial charge in [0.15, 0.2) is 11.5 Å². The highest BCUT2D eigenvalue weighted by Gasteiger charge is 2.17. The zero-order valence-electron chi connectivity index (χ0n) is 6.77. The van der Waals surface area contributed by atoms with E-state index in [1.807, 2.05) is 0 Å². The first-order valence-corrected chi connectivity index (χ1v) is 4.65. The van der Waals surface area contributed by atoms with Gasteiger partial charge in [0.05, 0.1) is 10.2 Å². The smallest absolute Gasteiger partial charge is 0.205 e. The largest absolute Gasteiger partial charge is 0.504 e. The van der Waals surface area contributed by atoms with Crippen molar-refractivity contribution in [2.24, 2.45) is 0 Å². The van der Waals surface area contributed by atoms with E-state index in [-0.39, 0.29) is 15.9 Å². The molecule has 0 saturated heterocycles. The molecule has 0 fully saturated rings. The van der Waals surface area contributed by atoms with Crippen molar-refractivity contribution >= 4 is 22.6 Å². The van der Waals surface area contributed by atoms with Crippen LogP contribution in [0, 0.1) is 15.2 Å². The first-order chi connectivity index (χ1) is 6.07. The van der Waals surface area contributed by atoms with E-state index in [0.717, 1.165) is 0 Å². The van der Waals surface area contributed by atoms with E-state index in [1.165, 1.54) is 6.07 Å². The molecule has 0 aliphatic carbocycles. The second kappa shape index (κ2) is 4.08. The first-order valence-electron chi connectivity index (χ1n) is 3.57. The summed E-state index contributed by atoms with van der Waals surface area (Å²) in [7, 11) is 0. The van der Waals surface area contributed by atoms with E-state index in [1.54, 1.807) is 29.5 Å². The Hall–Kier alpha value is -0.590. The van der Waals surface area contributed by atoms with Crippen molar-refractivity contribution in [2.75, 3.05) is 6.61 Å². The van der Waals surface area contributed by atoms with Crippen LogP contribution in [-0.2, 0) is 0 Å². The molecule has 1 N–H and O–H groups in total. The molecule has 1 rings (SSSR count). The highest BCUT2D eigenvalue weighted by atomic mass is 127. The fourth-order valence-corrected chi connectivity index (χ4v) is 1.34. The van der Waals surface area contributed by atoms with Gasteiger partial charge >= 0.3 is 0 Å². The Morgan fingerprint density at radius 1 is 1.46 bits per heavy atom. The fourth-order valence-electron chi connectivity index (χ4n) is 0.824. The molecule has 0 atom stereocenters. The highest BCUT2D eigenvalue weighted by Crippen LogP contribution is 2.31. The van der Waals surface area contributed by atoms with E-state index < -0.39 is 17.4 Å². The third-order valence-electron chi connectivity index (χ3n) is 1.40. The molecule has 72 valence electrons. The molecule has 13 heavy (non-hydrogen) atoms. The predicted octanol–water partition coefficient (Wildman–Crippen LogP) is 2.67. The third kappa shape index (κ3) is 2.01. The number of phenols is 1. The maximum Gasteiger partial charge on any atom is 0.205 e. The minimum absolute atomic E-state index is 0.179. The third-order valence-corrected chi connectivity index (χ3v) is 2.22. The molecule has 0 saturated carbocycles. The van der Waals surface area contributed by atoms with Crippen molar-refractivity contribution in [3.63, 3.8) is 0 Å². The quantitative estimate of drug-likeness (QED) is 0.672. The number of aromatic hydroxyl groups is 1. The second-order valence-electron chi connectivity index (χ2n) is 2.27. The number of hydrogen-bond acceptors (Lipinski definition) is 2. The van der Waals surface area contributed by atoms with Gasteiger partial charge in [0, 0.05) is 6.07 Å². The van der Waals surface area contributed by atoms with Crippen LogP contribution in [0.5, 0.6) is 11.5 Å². The highest BCUT2D eigenvalue weighted by molar-refractivity contribution is 14.1. The van der Waals surface area contributed by atoms with Crippen LogP contribution in [0.4, 0.5) is 8.78 Å². The van der Waals surface area contributed by atoms with Gasteiger partial charge in [0.2, 0.25) is 11.6 Å². The SMILES string of the molecule is CCOc1cc(I)c(O)c(F)c1F. The normalized spacial score (nSPS) is 10.2. The van der Waals surface area contributed by atoms with E-state index in [9.17, 15) is 8.78 Å². The lowest BCUT2D eigenvalue weighted by molar-refractivity contribution is 0.307.